The molecule has 3 heteroatoms. The van der Waals surface area contributed by atoms with Gasteiger partial charge >= 0.3 is 0 Å². The van der Waals surface area contributed by atoms with Gasteiger partial charge in [0.15, 0.2) is 11.5 Å². The zero-order valence-electron chi connectivity index (χ0n) is 8.66. The first kappa shape index (κ1) is 9.04. The molecule has 0 bridgehead atoms. The van der Waals surface area contributed by atoms with Crippen molar-refractivity contribution in [1.29, 1.82) is 0 Å². The molecule has 3 rings (SSSR count). The van der Waals surface area contributed by atoms with Crippen molar-refractivity contribution < 1.29 is 9.47 Å². The molecule has 0 aliphatic carbocycles. The molecule has 1 aromatic carbocycles. The Morgan fingerprint density at radius 3 is 3.00 bits per heavy atom. The van der Waals surface area contributed by atoms with Gasteiger partial charge < -0.3 is 14.8 Å². The predicted octanol–water partition coefficient (Wildman–Crippen LogP) is 1.88. The smallest absolute Gasteiger partial charge is 0.166 e. The fourth-order valence-electron chi connectivity index (χ4n) is 2.32. The maximum atomic E-state index is 5.70. The van der Waals surface area contributed by atoms with E-state index in [0.717, 1.165) is 18.0 Å². The van der Waals surface area contributed by atoms with Crippen LogP contribution in [0.1, 0.15) is 24.4 Å². The molecule has 1 saturated heterocycles. The monoisotopic (exact) mass is 205 g/mol. The van der Waals surface area contributed by atoms with E-state index < -0.39 is 0 Å². The van der Waals surface area contributed by atoms with Crippen LogP contribution in [0.3, 0.4) is 0 Å². The van der Waals surface area contributed by atoms with E-state index in [2.05, 4.69) is 11.4 Å². The molecule has 1 aromatic rings. The third-order valence-electron chi connectivity index (χ3n) is 3.03. The standard InChI is InChI=1S/C12H15NO2/c1-3-9(10-4-2-6-13-10)12-11(5-1)14-7-8-15-12/h1,3,5,10,13H,2,4,6-8H2/t10-/m0/s1. The minimum Gasteiger partial charge on any atom is -0.486 e. The first-order valence-electron chi connectivity index (χ1n) is 5.57. The van der Waals surface area contributed by atoms with Gasteiger partial charge in [-0.25, -0.2) is 0 Å². The summed E-state index contributed by atoms with van der Waals surface area (Å²) in [5, 5.41) is 3.49. The number of ether oxygens (including phenoxy) is 2. The van der Waals surface area contributed by atoms with Crippen LogP contribution in [0.4, 0.5) is 0 Å². The van der Waals surface area contributed by atoms with Crippen LogP contribution in [0.15, 0.2) is 18.2 Å². The zero-order valence-corrected chi connectivity index (χ0v) is 8.66. The van der Waals surface area contributed by atoms with Crippen LogP contribution in [0.5, 0.6) is 11.5 Å². The Morgan fingerprint density at radius 2 is 2.13 bits per heavy atom. The average Bonchev–Trinajstić information content (AvgIpc) is 2.82. The SMILES string of the molecule is c1cc2c(c([C@@H]3CCCN3)c1)OCCO2. The fraction of sp³-hybridized carbons (Fsp3) is 0.500. The number of para-hydroxylation sites is 1. The van der Waals surface area contributed by atoms with E-state index in [1.165, 1.54) is 18.4 Å². The highest BCUT2D eigenvalue weighted by Gasteiger charge is 2.23. The largest absolute Gasteiger partial charge is 0.486 e. The van der Waals surface area contributed by atoms with Gasteiger partial charge in [-0.2, -0.15) is 0 Å². The molecule has 2 aliphatic heterocycles. The first-order chi connectivity index (χ1) is 7.45. The quantitative estimate of drug-likeness (QED) is 0.759. The number of benzene rings is 1. The minimum absolute atomic E-state index is 0.446. The van der Waals surface area contributed by atoms with Crippen molar-refractivity contribution in [2.75, 3.05) is 19.8 Å². The van der Waals surface area contributed by atoms with Crippen LogP contribution < -0.4 is 14.8 Å². The normalized spacial score (nSPS) is 24.1. The van der Waals surface area contributed by atoms with Crippen molar-refractivity contribution in [2.24, 2.45) is 0 Å². The molecule has 0 unspecified atom stereocenters. The van der Waals surface area contributed by atoms with Crippen LogP contribution in [-0.4, -0.2) is 19.8 Å². The number of nitrogens with one attached hydrogen (secondary N) is 1. The van der Waals surface area contributed by atoms with Gasteiger partial charge in [0, 0.05) is 11.6 Å². The van der Waals surface area contributed by atoms with Crippen LogP contribution in [0.25, 0.3) is 0 Å². The topological polar surface area (TPSA) is 30.5 Å². The highest BCUT2D eigenvalue weighted by Crippen LogP contribution is 2.39. The third-order valence-corrected chi connectivity index (χ3v) is 3.03. The van der Waals surface area contributed by atoms with Gasteiger partial charge in [0.2, 0.25) is 0 Å². The van der Waals surface area contributed by atoms with Crippen molar-refractivity contribution in [2.45, 2.75) is 18.9 Å². The summed E-state index contributed by atoms with van der Waals surface area (Å²) in [6.07, 6.45) is 2.44. The molecule has 3 nitrogen and oxygen atoms in total. The first-order valence-corrected chi connectivity index (χ1v) is 5.57. The number of fused-ring (bicyclic) bond motifs is 1. The molecule has 0 radical (unpaired) electrons. The highest BCUT2D eigenvalue weighted by atomic mass is 16.6. The molecule has 0 amide bonds. The van der Waals surface area contributed by atoms with Crippen LogP contribution >= 0.6 is 0 Å². The van der Waals surface area contributed by atoms with Gasteiger partial charge in [0.05, 0.1) is 0 Å². The number of rotatable bonds is 1. The Balaban J connectivity index is 1.99. The lowest BCUT2D eigenvalue weighted by molar-refractivity contribution is 0.169. The minimum atomic E-state index is 0.446. The average molecular weight is 205 g/mol. The lowest BCUT2D eigenvalue weighted by atomic mass is 10.0. The van der Waals surface area contributed by atoms with Crippen molar-refractivity contribution in [3.63, 3.8) is 0 Å². The second-order valence-electron chi connectivity index (χ2n) is 4.02. The zero-order chi connectivity index (χ0) is 10.1. The second kappa shape index (κ2) is 3.74. The van der Waals surface area contributed by atoms with Gasteiger partial charge in [-0.1, -0.05) is 12.1 Å². The van der Waals surface area contributed by atoms with Gasteiger partial charge in [-0.05, 0) is 25.5 Å². The van der Waals surface area contributed by atoms with Crippen molar-refractivity contribution >= 4 is 0 Å². The van der Waals surface area contributed by atoms with Gasteiger partial charge in [-0.3, -0.25) is 0 Å². The highest BCUT2D eigenvalue weighted by molar-refractivity contribution is 5.49. The molecular weight excluding hydrogens is 190 g/mol. The number of hydrogen-bond donors (Lipinski definition) is 1. The molecule has 2 heterocycles. The summed E-state index contributed by atoms with van der Waals surface area (Å²) in [6, 6.07) is 6.60. The Morgan fingerprint density at radius 1 is 1.20 bits per heavy atom. The Bertz CT molecular complexity index is 359. The van der Waals surface area contributed by atoms with E-state index in [0.29, 0.717) is 19.3 Å². The number of hydrogen-bond acceptors (Lipinski definition) is 3. The molecule has 1 N–H and O–H groups in total. The van der Waals surface area contributed by atoms with Gasteiger partial charge in [-0.15, -0.1) is 0 Å². The molecule has 2 aliphatic rings. The van der Waals surface area contributed by atoms with E-state index in [1.54, 1.807) is 0 Å². The van der Waals surface area contributed by atoms with Crippen LogP contribution in [-0.2, 0) is 0 Å². The molecule has 0 saturated carbocycles. The third kappa shape index (κ3) is 1.57. The second-order valence-corrected chi connectivity index (χ2v) is 4.02. The van der Waals surface area contributed by atoms with E-state index in [4.69, 9.17) is 9.47 Å². The maximum Gasteiger partial charge on any atom is 0.166 e. The summed E-state index contributed by atoms with van der Waals surface area (Å²) in [5.74, 6) is 1.84. The van der Waals surface area contributed by atoms with Gasteiger partial charge in [0.25, 0.3) is 0 Å². The Hall–Kier alpha value is -1.22. The van der Waals surface area contributed by atoms with E-state index in [1.807, 2.05) is 12.1 Å². The molecule has 0 aromatic heterocycles. The summed E-state index contributed by atoms with van der Waals surface area (Å²) in [6.45, 7) is 2.43. The summed E-state index contributed by atoms with van der Waals surface area (Å²) in [7, 11) is 0. The summed E-state index contributed by atoms with van der Waals surface area (Å²) in [5.41, 5.74) is 1.25. The fourth-order valence-corrected chi connectivity index (χ4v) is 2.32. The van der Waals surface area contributed by atoms with E-state index >= 15 is 0 Å². The summed E-state index contributed by atoms with van der Waals surface area (Å²) >= 11 is 0. The Labute approximate surface area is 89.4 Å². The van der Waals surface area contributed by atoms with Crippen molar-refractivity contribution in [3.8, 4) is 11.5 Å². The van der Waals surface area contributed by atoms with Crippen LogP contribution in [0.2, 0.25) is 0 Å². The lowest BCUT2D eigenvalue weighted by Gasteiger charge is -2.23. The Kier molecular flexibility index (Phi) is 2.25. The predicted molar refractivity (Wildman–Crippen MR) is 57.4 cm³/mol. The lowest BCUT2D eigenvalue weighted by Crippen LogP contribution is -2.19. The van der Waals surface area contributed by atoms with E-state index in [9.17, 15) is 0 Å². The van der Waals surface area contributed by atoms with Gasteiger partial charge in [0.1, 0.15) is 13.2 Å². The maximum absolute atomic E-state index is 5.70. The molecule has 1 atom stereocenters. The van der Waals surface area contributed by atoms with Crippen molar-refractivity contribution in [1.82, 2.24) is 5.32 Å². The molecule has 0 spiro atoms. The summed E-state index contributed by atoms with van der Waals surface area (Å²) < 4.78 is 11.3. The summed E-state index contributed by atoms with van der Waals surface area (Å²) in [4.78, 5) is 0. The van der Waals surface area contributed by atoms with Crippen LogP contribution in [0, 0.1) is 0 Å². The molecule has 15 heavy (non-hydrogen) atoms. The molecule has 80 valence electrons. The molecule has 1 fully saturated rings. The van der Waals surface area contributed by atoms with E-state index in [-0.39, 0.29) is 0 Å². The van der Waals surface area contributed by atoms with Crippen molar-refractivity contribution in [3.05, 3.63) is 23.8 Å². The molecular formula is C12H15NO2.